The average molecular weight is 441 g/mol. The molecule has 1 aromatic heterocycles. The summed E-state index contributed by atoms with van der Waals surface area (Å²) in [5.41, 5.74) is 2.67. The molecule has 148 valence electrons. The van der Waals surface area contributed by atoms with Gasteiger partial charge in [-0.1, -0.05) is 30.9 Å². The van der Waals surface area contributed by atoms with E-state index in [9.17, 15) is 4.79 Å². The van der Waals surface area contributed by atoms with Crippen molar-refractivity contribution in [1.29, 1.82) is 0 Å². The summed E-state index contributed by atoms with van der Waals surface area (Å²) in [6, 6.07) is 16.9. The monoisotopic (exact) mass is 440 g/mol. The van der Waals surface area contributed by atoms with E-state index in [-0.39, 0.29) is 11.0 Å². The molecule has 7 heteroatoms. The fraction of sp³-hybridized carbons (Fsp3) is 0.0909. The Hall–Kier alpha value is -2.61. The van der Waals surface area contributed by atoms with Crippen molar-refractivity contribution in [3.63, 3.8) is 0 Å². The second-order valence-corrected chi connectivity index (χ2v) is 8.52. The molecule has 4 nitrogen and oxygen atoms in total. The van der Waals surface area contributed by atoms with Crippen LogP contribution >= 0.6 is 35.3 Å². The van der Waals surface area contributed by atoms with E-state index in [4.69, 9.17) is 17.0 Å². The highest BCUT2D eigenvalue weighted by Gasteiger charge is 2.19. The predicted molar refractivity (Wildman–Crippen MR) is 128 cm³/mol. The molecule has 3 rings (SSSR count). The van der Waals surface area contributed by atoms with Gasteiger partial charge in [-0.15, -0.1) is 23.1 Å². The summed E-state index contributed by atoms with van der Waals surface area (Å²) in [5.74, 6) is 1.26. The van der Waals surface area contributed by atoms with Crippen molar-refractivity contribution in [3.05, 3.63) is 77.2 Å². The van der Waals surface area contributed by atoms with Gasteiger partial charge in [-0.05, 0) is 67.4 Å². The molecule has 0 aliphatic heterocycles. The van der Waals surface area contributed by atoms with Crippen molar-refractivity contribution in [2.75, 3.05) is 11.6 Å². The van der Waals surface area contributed by atoms with Crippen LogP contribution < -0.4 is 15.4 Å². The first kappa shape index (κ1) is 21.1. The van der Waals surface area contributed by atoms with E-state index in [0.29, 0.717) is 10.6 Å². The molecule has 0 unspecified atom stereocenters. The van der Waals surface area contributed by atoms with Gasteiger partial charge in [0.2, 0.25) is 0 Å². The van der Waals surface area contributed by atoms with Gasteiger partial charge in [0.05, 0.1) is 9.09 Å². The zero-order chi connectivity index (χ0) is 20.8. The number of carbonyl (C=O) groups is 1. The number of ether oxygens (including phenoxy) is 1. The number of nitrogens with one attached hydrogen (secondary N) is 2. The quantitative estimate of drug-likeness (QED) is 0.346. The fourth-order valence-corrected chi connectivity index (χ4v) is 4.85. The lowest BCUT2D eigenvalue weighted by molar-refractivity contribution is 0.0981. The molecule has 3 aromatic rings. The smallest absolute Gasteiger partial charge is 0.267 e. The number of hydrogen-bond donors (Lipinski definition) is 2. The number of benzene rings is 2. The number of thioether (sulfide) groups is 1. The second-order valence-electron chi connectivity index (χ2n) is 6.01. The predicted octanol–water partition coefficient (Wildman–Crippen LogP) is 6.34. The first-order valence-corrected chi connectivity index (χ1v) is 11.2. The Balaban J connectivity index is 1.61. The topological polar surface area (TPSA) is 50.4 Å². The van der Waals surface area contributed by atoms with Crippen LogP contribution in [0, 0.1) is 6.92 Å². The molecule has 0 radical (unpaired) electrons. The van der Waals surface area contributed by atoms with Crippen LogP contribution in [-0.4, -0.2) is 17.3 Å². The van der Waals surface area contributed by atoms with Crippen molar-refractivity contribution in [3.8, 4) is 11.5 Å². The third kappa shape index (κ3) is 5.26. The Kier molecular flexibility index (Phi) is 7.09. The van der Waals surface area contributed by atoms with Crippen LogP contribution in [0.4, 0.5) is 5.69 Å². The number of rotatable bonds is 6. The van der Waals surface area contributed by atoms with Crippen molar-refractivity contribution >= 4 is 58.1 Å². The van der Waals surface area contributed by atoms with Gasteiger partial charge in [0.1, 0.15) is 11.5 Å². The van der Waals surface area contributed by atoms with Crippen molar-refractivity contribution in [2.24, 2.45) is 0 Å². The maximum atomic E-state index is 12.6. The van der Waals surface area contributed by atoms with Gasteiger partial charge in [0, 0.05) is 11.3 Å². The summed E-state index contributed by atoms with van der Waals surface area (Å²) in [7, 11) is 0. The van der Waals surface area contributed by atoms with Gasteiger partial charge in [0.15, 0.2) is 5.11 Å². The van der Waals surface area contributed by atoms with Crippen molar-refractivity contribution < 1.29 is 9.53 Å². The minimum absolute atomic E-state index is 0.225. The third-order valence-electron chi connectivity index (χ3n) is 4.07. The molecule has 1 amide bonds. The molecule has 0 aliphatic rings. The van der Waals surface area contributed by atoms with Crippen LogP contribution in [0.5, 0.6) is 11.5 Å². The summed E-state index contributed by atoms with van der Waals surface area (Å²) in [6.45, 7) is 5.76. The van der Waals surface area contributed by atoms with Crippen LogP contribution in [-0.2, 0) is 0 Å². The van der Waals surface area contributed by atoms with Gasteiger partial charge < -0.3 is 10.1 Å². The highest BCUT2D eigenvalue weighted by atomic mass is 32.2. The minimum atomic E-state index is -0.225. The molecule has 0 aliphatic carbocycles. The second kappa shape index (κ2) is 9.73. The Bertz CT molecular complexity index is 1030. The van der Waals surface area contributed by atoms with E-state index in [1.165, 1.54) is 11.3 Å². The van der Waals surface area contributed by atoms with Crippen LogP contribution in [0.1, 0.15) is 20.8 Å². The Morgan fingerprint density at radius 2 is 1.79 bits per heavy atom. The van der Waals surface area contributed by atoms with Crippen molar-refractivity contribution in [2.45, 2.75) is 11.1 Å². The van der Waals surface area contributed by atoms with Crippen LogP contribution in [0.3, 0.4) is 0 Å². The molecule has 0 saturated carbocycles. The van der Waals surface area contributed by atoms with E-state index in [1.807, 2.05) is 67.8 Å². The lowest BCUT2D eigenvalue weighted by Gasteiger charge is -2.10. The van der Waals surface area contributed by atoms with Crippen LogP contribution in [0.25, 0.3) is 6.08 Å². The van der Waals surface area contributed by atoms with E-state index >= 15 is 0 Å². The average Bonchev–Trinajstić information content (AvgIpc) is 3.05. The molecular formula is C22H20N2O2S3. The van der Waals surface area contributed by atoms with E-state index in [2.05, 4.69) is 17.2 Å². The zero-order valence-corrected chi connectivity index (χ0v) is 18.5. The molecule has 0 spiro atoms. The van der Waals surface area contributed by atoms with E-state index < -0.39 is 0 Å². The minimum Gasteiger partial charge on any atom is -0.457 e. The highest BCUT2D eigenvalue weighted by Crippen LogP contribution is 2.35. The molecule has 2 N–H and O–H groups in total. The highest BCUT2D eigenvalue weighted by molar-refractivity contribution is 8.00. The van der Waals surface area contributed by atoms with Gasteiger partial charge in [0.25, 0.3) is 5.91 Å². The lowest BCUT2D eigenvalue weighted by atomic mass is 10.1. The van der Waals surface area contributed by atoms with Gasteiger partial charge in [-0.3, -0.25) is 10.1 Å². The summed E-state index contributed by atoms with van der Waals surface area (Å²) in [5, 5.41) is 6.01. The van der Waals surface area contributed by atoms with E-state index in [1.54, 1.807) is 17.8 Å². The molecule has 29 heavy (non-hydrogen) atoms. The number of para-hydroxylation sites is 1. The molecule has 0 atom stereocenters. The Labute approximate surface area is 184 Å². The molecule has 0 saturated heterocycles. The Morgan fingerprint density at radius 1 is 1.14 bits per heavy atom. The first-order chi connectivity index (χ1) is 14.0. The van der Waals surface area contributed by atoms with Crippen LogP contribution in [0.2, 0.25) is 0 Å². The zero-order valence-electron chi connectivity index (χ0n) is 16.0. The van der Waals surface area contributed by atoms with E-state index in [0.717, 1.165) is 26.8 Å². The molecular weight excluding hydrogens is 420 g/mol. The number of amides is 1. The fourth-order valence-electron chi connectivity index (χ4n) is 2.66. The molecule has 2 aromatic carbocycles. The number of anilines is 1. The van der Waals surface area contributed by atoms with Gasteiger partial charge >= 0.3 is 0 Å². The molecule has 0 bridgehead atoms. The third-order valence-corrected chi connectivity index (χ3v) is 6.72. The number of hydrogen-bond acceptors (Lipinski definition) is 5. The Morgan fingerprint density at radius 3 is 2.38 bits per heavy atom. The number of carbonyl (C=O) groups excluding carboxylic acids is 1. The summed E-state index contributed by atoms with van der Waals surface area (Å²) in [4.78, 5) is 13.3. The largest absolute Gasteiger partial charge is 0.457 e. The first-order valence-electron chi connectivity index (χ1n) is 8.77. The van der Waals surface area contributed by atoms with Crippen molar-refractivity contribution in [1.82, 2.24) is 5.32 Å². The van der Waals surface area contributed by atoms with Crippen LogP contribution in [0.15, 0.2) is 65.4 Å². The molecule has 0 fully saturated rings. The summed E-state index contributed by atoms with van der Waals surface area (Å²) >= 11 is 8.34. The maximum Gasteiger partial charge on any atom is 0.267 e. The summed E-state index contributed by atoms with van der Waals surface area (Å²) in [6.07, 6.45) is 3.77. The number of thiocarbonyl (C=S) groups is 1. The SMILES string of the molecule is C=Cc1c(SC)sc(C(=O)NC(=S)Nc2ccc(Oc3ccccc3)cc2)c1C. The maximum absolute atomic E-state index is 12.6. The summed E-state index contributed by atoms with van der Waals surface area (Å²) < 4.78 is 6.83. The normalized spacial score (nSPS) is 10.3. The van der Waals surface area contributed by atoms with Gasteiger partial charge in [-0.25, -0.2) is 0 Å². The molecule has 1 heterocycles. The lowest BCUT2D eigenvalue weighted by Crippen LogP contribution is -2.34. The van der Waals surface area contributed by atoms with Gasteiger partial charge in [-0.2, -0.15) is 0 Å². The number of thiophene rings is 1. The standard InChI is InChI=1S/C22H20N2O2S3/c1-4-18-14(2)19(29-21(18)28-3)20(25)24-22(27)23-15-10-12-17(13-11-15)26-16-8-6-5-7-9-16/h4-13H,1H2,2-3H3,(H2,23,24,25,27).